The topological polar surface area (TPSA) is 49.8 Å². The summed E-state index contributed by atoms with van der Waals surface area (Å²) in [5.41, 5.74) is 1.43. The van der Waals surface area contributed by atoms with Gasteiger partial charge < -0.3 is 14.7 Å². The van der Waals surface area contributed by atoms with Gasteiger partial charge in [0.2, 0.25) is 0 Å². The fourth-order valence-corrected chi connectivity index (χ4v) is 2.42. The molecule has 20 heavy (non-hydrogen) atoms. The molecule has 0 radical (unpaired) electrons. The largest absolute Gasteiger partial charge is 0.384 e. The smallest absolute Gasteiger partial charge is 0.253 e. The Labute approximate surface area is 119 Å². The summed E-state index contributed by atoms with van der Waals surface area (Å²) in [7, 11) is 1.82. The number of amides is 1. The summed E-state index contributed by atoms with van der Waals surface area (Å²) in [6.07, 6.45) is 0.961. The van der Waals surface area contributed by atoms with Crippen LogP contribution in [-0.4, -0.2) is 48.3 Å². The van der Waals surface area contributed by atoms with Gasteiger partial charge in [-0.15, -0.1) is 0 Å². The summed E-state index contributed by atoms with van der Waals surface area (Å²) in [6, 6.07) is 7.24. The summed E-state index contributed by atoms with van der Waals surface area (Å²) in [4.78, 5) is 14.2. The molecule has 4 heteroatoms. The molecule has 2 unspecified atom stereocenters. The number of hydrogen-bond donors (Lipinski definition) is 1. The second kappa shape index (κ2) is 6.56. The lowest BCUT2D eigenvalue weighted by molar-refractivity contribution is 0.0574. The maximum Gasteiger partial charge on any atom is 0.253 e. The number of rotatable bonds is 2. The third kappa shape index (κ3) is 3.19. The molecule has 106 valence electrons. The molecule has 0 bridgehead atoms. The van der Waals surface area contributed by atoms with Gasteiger partial charge in [0.1, 0.15) is 6.61 Å². The van der Waals surface area contributed by atoms with Crippen LogP contribution in [0.15, 0.2) is 24.3 Å². The number of nitrogens with zero attached hydrogens (tertiary/aromatic N) is 1. The molecule has 1 aromatic carbocycles. The molecule has 1 heterocycles. The van der Waals surface area contributed by atoms with Gasteiger partial charge in [-0.2, -0.15) is 0 Å². The lowest BCUT2D eigenvalue weighted by atomic mass is 10.1. The van der Waals surface area contributed by atoms with E-state index in [1.165, 1.54) is 0 Å². The lowest BCUT2D eigenvalue weighted by Gasteiger charge is -2.26. The molecule has 0 saturated carbocycles. The number of hydrogen-bond acceptors (Lipinski definition) is 3. The Hall–Kier alpha value is -1.83. The zero-order chi connectivity index (χ0) is 14.5. The Morgan fingerprint density at radius 1 is 1.45 bits per heavy atom. The SMILES string of the molecule is CC1OCCC1N(C)C(=O)c1ccc(C#CCO)cc1. The molecular weight excluding hydrogens is 254 g/mol. The Morgan fingerprint density at radius 2 is 2.15 bits per heavy atom. The second-order valence-electron chi connectivity index (χ2n) is 4.89. The Bertz CT molecular complexity index is 527. The number of benzene rings is 1. The van der Waals surface area contributed by atoms with Crippen LogP contribution in [-0.2, 0) is 4.74 Å². The summed E-state index contributed by atoms with van der Waals surface area (Å²) < 4.78 is 5.50. The first-order valence-electron chi connectivity index (χ1n) is 6.72. The molecule has 1 aliphatic rings. The first-order chi connectivity index (χ1) is 9.63. The summed E-state index contributed by atoms with van der Waals surface area (Å²) >= 11 is 0. The van der Waals surface area contributed by atoms with Crippen molar-refractivity contribution in [2.24, 2.45) is 0 Å². The third-order valence-electron chi connectivity index (χ3n) is 3.60. The zero-order valence-electron chi connectivity index (χ0n) is 11.8. The third-order valence-corrected chi connectivity index (χ3v) is 3.60. The van der Waals surface area contributed by atoms with Gasteiger partial charge in [0.15, 0.2) is 0 Å². The second-order valence-corrected chi connectivity index (χ2v) is 4.89. The summed E-state index contributed by atoms with van der Waals surface area (Å²) in [5.74, 6) is 5.38. The molecule has 1 N–H and O–H groups in total. The van der Waals surface area contributed by atoms with Crippen molar-refractivity contribution in [1.29, 1.82) is 0 Å². The van der Waals surface area contributed by atoms with Gasteiger partial charge in [0.25, 0.3) is 5.91 Å². The molecule has 1 aromatic rings. The maximum atomic E-state index is 12.4. The van der Waals surface area contributed by atoms with Crippen molar-refractivity contribution in [1.82, 2.24) is 4.90 Å². The van der Waals surface area contributed by atoms with E-state index in [1.807, 2.05) is 14.0 Å². The van der Waals surface area contributed by atoms with Crippen LogP contribution in [0.4, 0.5) is 0 Å². The van der Waals surface area contributed by atoms with E-state index >= 15 is 0 Å². The minimum atomic E-state index is -0.164. The number of carbonyl (C=O) groups excluding carboxylic acids is 1. The first kappa shape index (κ1) is 14.6. The Kier molecular flexibility index (Phi) is 4.78. The van der Waals surface area contributed by atoms with Gasteiger partial charge in [-0.25, -0.2) is 0 Å². The highest BCUT2D eigenvalue weighted by molar-refractivity contribution is 5.94. The van der Waals surface area contributed by atoms with Gasteiger partial charge >= 0.3 is 0 Å². The van der Waals surface area contributed by atoms with Crippen LogP contribution in [0.2, 0.25) is 0 Å². The molecule has 1 fully saturated rings. The van der Waals surface area contributed by atoms with E-state index in [0.717, 1.165) is 12.0 Å². The number of ether oxygens (including phenoxy) is 1. The summed E-state index contributed by atoms with van der Waals surface area (Å²) in [6.45, 7) is 2.54. The van der Waals surface area contributed by atoms with E-state index in [2.05, 4.69) is 11.8 Å². The minimum absolute atomic E-state index is 0.00554. The molecule has 1 amide bonds. The van der Waals surface area contributed by atoms with E-state index < -0.39 is 0 Å². The predicted octanol–water partition coefficient (Wildman–Crippen LogP) is 1.28. The van der Waals surface area contributed by atoms with Crippen LogP contribution < -0.4 is 0 Å². The van der Waals surface area contributed by atoms with Crippen molar-refractivity contribution in [3.05, 3.63) is 35.4 Å². The van der Waals surface area contributed by atoms with Crippen LogP contribution in [0, 0.1) is 11.8 Å². The lowest BCUT2D eigenvalue weighted by Crippen LogP contribution is -2.40. The molecule has 1 saturated heterocycles. The Balaban J connectivity index is 2.08. The van der Waals surface area contributed by atoms with Crippen LogP contribution in [0.1, 0.15) is 29.3 Å². The van der Waals surface area contributed by atoms with Gasteiger partial charge in [0.05, 0.1) is 12.1 Å². The molecule has 0 spiro atoms. The molecule has 0 aliphatic carbocycles. The first-order valence-corrected chi connectivity index (χ1v) is 6.72. The fraction of sp³-hybridized carbons (Fsp3) is 0.438. The van der Waals surface area contributed by atoms with Crippen molar-refractivity contribution in [3.63, 3.8) is 0 Å². The maximum absolute atomic E-state index is 12.4. The summed E-state index contributed by atoms with van der Waals surface area (Å²) in [5, 5.41) is 8.64. The number of carbonyl (C=O) groups is 1. The molecule has 4 nitrogen and oxygen atoms in total. The van der Waals surface area contributed by atoms with E-state index in [-0.39, 0.29) is 24.7 Å². The average molecular weight is 273 g/mol. The highest BCUT2D eigenvalue weighted by atomic mass is 16.5. The number of aliphatic hydroxyl groups is 1. The van der Waals surface area contributed by atoms with Crippen molar-refractivity contribution < 1.29 is 14.6 Å². The van der Waals surface area contributed by atoms with Crippen molar-refractivity contribution >= 4 is 5.91 Å². The minimum Gasteiger partial charge on any atom is -0.384 e. The Morgan fingerprint density at radius 3 is 2.70 bits per heavy atom. The van der Waals surface area contributed by atoms with E-state index in [1.54, 1.807) is 29.2 Å². The van der Waals surface area contributed by atoms with E-state index in [0.29, 0.717) is 12.2 Å². The van der Waals surface area contributed by atoms with Crippen LogP contribution in [0.5, 0.6) is 0 Å². The quantitative estimate of drug-likeness (QED) is 0.826. The molecular formula is C16H19NO3. The molecule has 2 atom stereocenters. The van der Waals surface area contributed by atoms with Crippen LogP contribution in [0.25, 0.3) is 0 Å². The van der Waals surface area contributed by atoms with Crippen molar-refractivity contribution in [2.75, 3.05) is 20.3 Å². The van der Waals surface area contributed by atoms with Gasteiger partial charge in [-0.3, -0.25) is 4.79 Å². The van der Waals surface area contributed by atoms with Crippen molar-refractivity contribution in [3.8, 4) is 11.8 Å². The average Bonchev–Trinajstić information content (AvgIpc) is 2.90. The standard InChI is InChI=1S/C16H19NO3/c1-12-15(9-11-20-12)17(2)16(19)14-7-5-13(6-8-14)4-3-10-18/h5-8,12,15,18H,9-11H2,1-2H3. The van der Waals surface area contributed by atoms with Gasteiger partial charge in [-0.05, 0) is 37.6 Å². The highest BCUT2D eigenvalue weighted by Crippen LogP contribution is 2.20. The number of likely N-dealkylation sites (N-methyl/N-ethyl adjacent to an activating group) is 1. The van der Waals surface area contributed by atoms with Crippen LogP contribution >= 0.6 is 0 Å². The predicted molar refractivity (Wildman–Crippen MR) is 76.3 cm³/mol. The normalized spacial score (nSPS) is 21.1. The van der Waals surface area contributed by atoms with E-state index in [9.17, 15) is 4.79 Å². The van der Waals surface area contributed by atoms with Gasteiger partial charge in [-0.1, -0.05) is 11.8 Å². The monoisotopic (exact) mass is 273 g/mol. The number of aliphatic hydroxyl groups excluding tert-OH is 1. The van der Waals surface area contributed by atoms with Crippen LogP contribution in [0.3, 0.4) is 0 Å². The molecule has 0 aromatic heterocycles. The highest BCUT2D eigenvalue weighted by Gasteiger charge is 2.30. The van der Waals surface area contributed by atoms with Gasteiger partial charge in [0, 0.05) is 24.8 Å². The molecule has 2 rings (SSSR count). The van der Waals surface area contributed by atoms with Crippen molar-refractivity contribution in [2.45, 2.75) is 25.5 Å². The zero-order valence-corrected chi connectivity index (χ0v) is 11.8. The fourth-order valence-electron chi connectivity index (χ4n) is 2.42. The molecule has 1 aliphatic heterocycles. The van der Waals surface area contributed by atoms with E-state index in [4.69, 9.17) is 9.84 Å².